The first kappa shape index (κ1) is 21.7. The van der Waals surface area contributed by atoms with Crippen LogP contribution in [0.25, 0.3) is 0 Å². The highest BCUT2D eigenvalue weighted by atomic mass is 35.5. The van der Waals surface area contributed by atoms with Crippen LogP contribution in [-0.4, -0.2) is 53.8 Å². The third kappa shape index (κ3) is 5.59. The van der Waals surface area contributed by atoms with E-state index in [0.717, 1.165) is 12.8 Å². The Hall–Kier alpha value is -1.30. The Morgan fingerprint density at radius 1 is 1.12 bits per heavy atom. The Bertz CT molecular complexity index is 580. The zero-order chi connectivity index (χ0) is 17.7. The highest BCUT2D eigenvalue weighted by Crippen LogP contribution is 2.15. The molecule has 1 aromatic carbocycles. The summed E-state index contributed by atoms with van der Waals surface area (Å²) in [4.78, 5) is 28.7. The molecule has 1 aliphatic rings. The zero-order valence-electron chi connectivity index (χ0n) is 14.8. The van der Waals surface area contributed by atoms with Crippen LogP contribution in [-0.2, 0) is 4.79 Å². The van der Waals surface area contributed by atoms with Crippen molar-refractivity contribution in [2.75, 3.05) is 26.2 Å². The number of amides is 2. The molecule has 2 N–H and O–H groups in total. The van der Waals surface area contributed by atoms with E-state index >= 15 is 0 Å². The lowest BCUT2D eigenvalue weighted by atomic mass is 9.99. The summed E-state index contributed by atoms with van der Waals surface area (Å²) in [5, 5.41) is 0.609. The molecule has 140 valence electrons. The van der Waals surface area contributed by atoms with Gasteiger partial charge in [-0.15, -0.1) is 12.4 Å². The van der Waals surface area contributed by atoms with E-state index in [1.165, 1.54) is 0 Å². The van der Waals surface area contributed by atoms with E-state index in [1.807, 2.05) is 13.8 Å². The number of nitrogens with zero attached hydrogens (tertiary/aromatic N) is 2. The molecule has 0 aromatic heterocycles. The number of carbonyl (C=O) groups is 2. The van der Waals surface area contributed by atoms with E-state index in [4.69, 9.17) is 17.3 Å². The van der Waals surface area contributed by atoms with Crippen LogP contribution in [0, 0.1) is 5.92 Å². The second-order valence-corrected chi connectivity index (χ2v) is 6.83. The SMILES string of the molecule is CCC(C)C(N)C(=O)N1CCCN(C(=O)c2ccc(Cl)cc2)CC1.Cl. The van der Waals surface area contributed by atoms with Crippen LogP contribution < -0.4 is 5.73 Å². The first-order valence-electron chi connectivity index (χ1n) is 8.53. The molecule has 0 radical (unpaired) electrons. The van der Waals surface area contributed by atoms with Crippen LogP contribution >= 0.6 is 24.0 Å². The Kier molecular flexibility index (Phi) is 8.69. The van der Waals surface area contributed by atoms with E-state index in [2.05, 4.69) is 0 Å². The van der Waals surface area contributed by atoms with Crippen molar-refractivity contribution in [1.29, 1.82) is 0 Å². The molecule has 2 amide bonds. The maximum Gasteiger partial charge on any atom is 0.253 e. The zero-order valence-corrected chi connectivity index (χ0v) is 16.4. The normalized spacial score (nSPS) is 17.3. The molecule has 5 nitrogen and oxygen atoms in total. The number of carbonyl (C=O) groups excluding carboxylic acids is 2. The summed E-state index contributed by atoms with van der Waals surface area (Å²) in [6, 6.07) is 6.43. The lowest BCUT2D eigenvalue weighted by Crippen LogP contribution is -2.48. The van der Waals surface area contributed by atoms with Gasteiger partial charge in [0.2, 0.25) is 5.91 Å². The smallest absolute Gasteiger partial charge is 0.253 e. The van der Waals surface area contributed by atoms with Crippen LogP contribution in [0.2, 0.25) is 5.02 Å². The van der Waals surface area contributed by atoms with Crippen LogP contribution in [0.15, 0.2) is 24.3 Å². The Morgan fingerprint density at radius 3 is 2.28 bits per heavy atom. The largest absolute Gasteiger partial charge is 0.339 e. The molecule has 2 rings (SSSR count). The molecular formula is C18H27Cl2N3O2. The van der Waals surface area contributed by atoms with Crippen molar-refractivity contribution in [3.63, 3.8) is 0 Å². The highest BCUT2D eigenvalue weighted by molar-refractivity contribution is 6.30. The van der Waals surface area contributed by atoms with Gasteiger partial charge in [0, 0.05) is 36.8 Å². The van der Waals surface area contributed by atoms with Crippen molar-refractivity contribution < 1.29 is 9.59 Å². The molecule has 1 fully saturated rings. The molecule has 0 aliphatic carbocycles. The highest BCUT2D eigenvalue weighted by Gasteiger charge is 2.27. The van der Waals surface area contributed by atoms with Gasteiger partial charge in [-0.25, -0.2) is 0 Å². The third-order valence-corrected chi connectivity index (χ3v) is 4.98. The van der Waals surface area contributed by atoms with E-state index in [-0.39, 0.29) is 30.1 Å². The fourth-order valence-corrected chi connectivity index (χ4v) is 2.95. The number of hydrogen-bond acceptors (Lipinski definition) is 3. The summed E-state index contributed by atoms with van der Waals surface area (Å²) in [5.74, 6) is 0.130. The first-order chi connectivity index (χ1) is 11.4. The number of rotatable bonds is 4. The molecule has 1 aliphatic heterocycles. The number of halogens is 2. The summed E-state index contributed by atoms with van der Waals surface area (Å²) < 4.78 is 0. The minimum Gasteiger partial charge on any atom is -0.339 e. The van der Waals surface area contributed by atoms with Gasteiger partial charge in [0.15, 0.2) is 0 Å². The molecule has 7 heteroatoms. The quantitative estimate of drug-likeness (QED) is 0.863. The standard InChI is InChI=1S/C18H26ClN3O2.ClH/c1-3-13(2)16(20)18(24)22-10-4-9-21(11-12-22)17(23)14-5-7-15(19)8-6-14;/h5-8,13,16H,3-4,9-12,20H2,1-2H3;1H. The maximum atomic E-state index is 12.6. The maximum absolute atomic E-state index is 12.6. The predicted octanol–water partition coefficient (Wildman–Crippen LogP) is 2.81. The molecule has 2 atom stereocenters. The van der Waals surface area contributed by atoms with Gasteiger partial charge in [-0.05, 0) is 36.6 Å². The van der Waals surface area contributed by atoms with Crippen molar-refractivity contribution in [2.45, 2.75) is 32.7 Å². The van der Waals surface area contributed by atoms with Gasteiger partial charge >= 0.3 is 0 Å². The molecular weight excluding hydrogens is 361 g/mol. The first-order valence-corrected chi connectivity index (χ1v) is 8.91. The second-order valence-electron chi connectivity index (χ2n) is 6.39. The third-order valence-electron chi connectivity index (χ3n) is 4.73. The van der Waals surface area contributed by atoms with Gasteiger partial charge in [-0.1, -0.05) is 31.9 Å². The summed E-state index contributed by atoms with van der Waals surface area (Å²) >= 11 is 5.87. The molecule has 1 heterocycles. The molecule has 1 saturated heterocycles. The molecule has 1 aromatic rings. The van der Waals surface area contributed by atoms with Gasteiger partial charge in [0.1, 0.15) is 0 Å². The van der Waals surface area contributed by atoms with E-state index in [9.17, 15) is 9.59 Å². The molecule has 0 spiro atoms. The van der Waals surface area contributed by atoms with Crippen molar-refractivity contribution in [3.05, 3.63) is 34.9 Å². The van der Waals surface area contributed by atoms with Gasteiger partial charge in [-0.2, -0.15) is 0 Å². The van der Waals surface area contributed by atoms with Gasteiger partial charge in [-0.3, -0.25) is 9.59 Å². The summed E-state index contributed by atoms with van der Waals surface area (Å²) in [5.41, 5.74) is 6.69. The van der Waals surface area contributed by atoms with Crippen LogP contribution in [0.5, 0.6) is 0 Å². The molecule has 2 unspecified atom stereocenters. The van der Waals surface area contributed by atoms with Gasteiger partial charge in [0.05, 0.1) is 6.04 Å². The van der Waals surface area contributed by atoms with E-state index in [0.29, 0.717) is 36.8 Å². The summed E-state index contributed by atoms with van der Waals surface area (Å²) in [7, 11) is 0. The fourth-order valence-electron chi connectivity index (χ4n) is 2.82. The van der Waals surface area contributed by atoms with Crippen LogP contribution in [0.3, 0.4) is 0 Å². The van der Waals surface area contributed by atoms with Crippen molar-refractivity contribution in [3.8, 4) is 0 Å². The minimum absolute atomic E-state index is 0. The van der Waals surface area contributed by atoms with Crippen molar-refractivity contribution in [2.24, 2.45) is 11.7 Å². The van der Waals surface area contributed by atoms with Crippen LogP contribution in [0.1, 0.15) is 37.0 Å². The van der Waals surface area contributed by atoms with Gasteiger partial charge in [0.25, 0.3) is 5.91 Å². The summed E-state index contributed by atoms with van der Waals surface area (Å²) in [6.45, 7) is 6.38. The van der Waals surface area contributed by atoms with Crippen LogP contribution in [0.4, 0.5) is 0 Å². The molecule has 25 heavy (non-hydrogen) atoms. The Labute approximate surface area is 160 Å². The topological polar surface area (TPSA) is 66.6 Å². The average molecular weight is 388 g/mol. The number of hydrogen-bond donors (Lipinski definition) is 1. The van der Waals surface area contributed by atoms with Gasteiger partial charge < -0.3 is 15.5 Å². The fraction of sp³-hybridized carbons (Fsp3) is 0.556. The lowest BCUT2D eigenvalue weighted by molar-refractivity contribution is -0.133. The summed E-state index contributed by atoms with van der Waals surface area (Å²) in [6.07, 6.45) is 1.64. The average Bonchev–Trinajstić information content (AvgIpc) is 2.86. The van der Waals surface area contributed by atoms with Crippen molar-refractivity contribution >= 4 is 35.8 Å². The Morgan fingerprint density at radius 2 is 1.68 bits per heavy atom. The second kappa shape index (κ2) is 10.00. The lowest BCUT2D eigenvalue weighted by Gasteiger charge is -2.27. The molecule has 0 saturated carbocycles. The monoisotopic (exact) mass is 387 g/mol. The molecule has 0 bridgehead atoms. The van der Waals surface area contributed by atoms with E-state index in [1.54, 1.807) is 34.1 Å². The predicted molar refractivity (Wildman–Crippen MR) is 103 cm³/mol. The van der Waals surface area contributed by atoms with Crippen molar-refractivity contribution in [1.82, 2.24) is 9.80 Å². The minimum atomic E-state index is -0.464. The Balaban J connectivity index is 0.00000312. The number of benzene rings is 1. The number of nitrogens with two attached hydrogens (primary N) is 1. The van der Waals surface area contributed by atoms with E-state index < -0.39 is 6.04 Å².